The summed E-state index contributed by atoms with van der Waals surface area (Å²) < 4.78 is 0. The summed E-state index contributed by atoms with van der Waals surface area (Å²) in [6, 6.07) is -0.107. The van der Waals surface area contributed by atoms with Gasteiger partial charge >= 0.3 is 7.12 Å². The smallest absolute Gasteiger partial charge is 0.426 e. The molecule has 2 rings (SSSR count). The van der Waals surface area contributed by atoms with Crippen molar-refractivity contribution < 1.29 is 14.8 Å². The Bertz CT molecular complexity index is 244. The zero-order chi connectivity index (χ0) is 10.8. The highest BCUT2D eigenvalue weighted by atomic mass is 16.4. The van der Waals surface area contributed by atoms with Crippen LogP contribution in [-0.2, 0) is 4.79 Å². The van der Waals surface area contributed by atoms with Crippen molar-refractivity contribution in [3.05, 3.63) is 0 Å². The Hall–Kier alpha value is -0.585. The highest BCUT2D eigenvalue weighted by molar-refractivity contribution is 6.43. The molecule has 2 heterocycles. The molecule has 0 radical (unpaired) electrons. The van der Waals surface area contributed by atoms with E-state index in [1.165, 1.54) is 0 Å². The number of nitrogens with zero attached hydrogens (tertiary/aromatic N) is 1. The molecule has 0 aromatic rings. The lowest BCUT2D eigenvalue weighted by Crippen LogP contribution is -2.51. The van der Waals surface area contributed by atoms with Crippen molar-refractivity contribution >= 4 is 13.0 Å². The molecule has 0 aromatic heterocycles. The van der Waals surface area contributed by atoms with Gasteiger partial charge in [0.15, 0.2) is 0 Å². The van der Waals surface area contributed by atoms with Gasteiger partial charge in [0, 0.05) is 6.54 Å². The summed E-state index contributed by atoms with van der Waals surface area (Å²) in [4.78, 5) is 13.6. The van der Waals surface area contributed by atoms with Gasteiger partial charge in [-0.3, -0.25) is 4.79 Å². The monoisotopic (exact) mass is 212 g/mol. The molecule has 2 aliphatic rings. The Labute approximate surface area is 89.6 Å². The van der Waals surface area contributed by atoms with Crippen LogP contribution in [0.25, 0.3) is 0 Å². The van der Waals surface area contributed by atoms with E-state index in [0.717, 1.165) is 25.8 Å². The predicted molar refractivity (Wildman–Crippen MR) is 56.0 cm³/mol. The maximum Gasteiger partial charge on any atom is 0.475 e. The van der Waals surface area contributed by atoms with Crippen LogP contribution >= 0.6 is 0 Å². The van der Waals surface area contributed by atoms with Crippen molar-refractivity contribution in [1.82, 2.24) is 10.2 Å². The summed E-state index contributed by atoms with van der Waals surface area (Å²) >= 11 is 0. The highest BCUT2D eigenvalue weighted by Crippen LogP contribution is 2.20. The molecular formula is C9H17BN2O3. The molecule has 2 aliphatic heterocycles. The van der Waals surface area contributed by atoms with E-state index in [1.807, 2.05) is 0 Å². The van der Waals surface area contributed by atoms with Gasteiger partial charge in [-0.1, -0.05) is 0 Å². The summed E-state index contributed by atoms with van der Waals surface area (Å²) in [5, 5.41) is 21.4. The average Bonchev–Trinajstić information content (AvgIpc) is 2.88. The highest BCUT2D eigenvalue weighted by Gasteiger charge is 2.39. The van der Waals surface area contributed by atoms with Crippen molar-refractivity contribution in [2.45, 2.75) is 37.7 Å². The average molecular weight is 212 g/mol. The van der Waals surface area contributed by atoms with E-state index in [1.54, 1.807) is 4.90 Å². The largest absolute Gasteiger partial charge is 0.475 e. The lowest BCUT2D eigenvalue weighted by molar-refractivity contribution is -0.133. The minimum Gasteiger partial charge on any atom is -0.426 e. The van der Waals surface area contributed by atoms with Crippen LogP contribution < -0.4 is 5.32 Å². The number of carbonyl (C=O) groups is 1. The van der Waals surface area contributed by atoms with Crippen LogP contribution in [0.5, 0.6) is 0 Å². The number of nitrogens with one attached hydrogen (secondary N) is 1. The minimum absolute atomic E-state index is 0.0306. The van der Waals surface area contributed by atoms with Crippen molar-refractivity contribution in [1.29, 1.82) is 0 Å². The fraction of sp³-hybridized carbons (Fsp3) is 0.889. The van der Waals surface area contributed by atoms with Gasteiger partial charge in [0.05, 0.1) is 12.0 Å². The molecule has 2 saturated heterocycles. The van der Waals surface area contributed by atoms with E-state index in [-0.39, 0.29) is 11.9 Å². The summed E-state index contributed by atoms with van der Waals surface area (Å²) in [7, 11) is -1.40. The first-order valence-electron chi connectivity index (χ1n) is 5.60. The number of likely N-dealkylation sites (tertiary alicyclic amines) is 1. The van der Waals surface area contributed by atoms with Gasteiger partial charge in [-0.2, -0.15) is 0 Å². The molecule has 0 aliphatic carbocycles. The molecule has 84 valence electrons. The van der Waals surface area contributed by atoms with Crippen molar-refractivity contribution in [2.24, 2.45) is 0 Å². The molecule has 6 heteroatoms. The third-order valence-electron chi connectivity index (χ3n) is 3.28. The van der Waals surface area contributed by atoms with E-state index < -0.39 is 13.1 Å². The number of carbonyl (C=O) groups excluding carboxylic acids is 1. The Kier molecular flexibility index (Phi) is 3.28. The summed E-state index contributed by atoms with van der Waals surface area (Å²) in [5.41, 5.74) is 0. The number of amides is 1. The van der Waals surface area contributed by atoms with Crippen LogP contribution in [0.4, 0.5) is 0 Å². The topological polar surface area (TPSA) is 72.8 Å². The maximum atomic E-state index is 12.0. The standard InChI is InChI=1S/C9H17BN2O3/c13-9(7-3-1-5-11-7)12-6-2-4-8(12)10(14)15/h7-8,11,14-15H,1-6H2/t7-,8-/m1/s1. The first-order valence-corrected chi connectivity index (χ1v) is 5.60. The van der Waals surface area contributed by atoms with E-state index >= 15 is 0 Å². The van der Waals surface area contributed by atoms with Gasteiger partial charge in [-0.25, -0.2) is 0 Å². The summed E-state index contributed by atoms with van der Waals surface area (Å²) in [5.74, 6) is -0.372. The Morgan fingerprint density at radius 1 is 1.33 bits per heavy atom. The molecule has 15 heavy (non-hydrogen) atoms. The van der Waals surface area contributed by atoms with Crippen molar-refractivity contribution in [3.8, 4) is 0 Å². The van der Waals surface area contributed by atoms with Crippen LogP contribution in [0.1, 0.15) is 25.7 Å². The van der Waals surface area contributed by atoms with E-state index in [0.29, 0.717) is 13.0 Å². The summed E-state index contributed by atoms with van der Waals surface area (Å²) in [6.07, 6.45) is 3.44. The quantitative estimate of drug-likeness (QED) is 0.499. The van der Waals surface area contributed by atoms with Gasteiger partial charge in [0.1, 0.15) is 0 Å². The third kappa shape index (κ3) is 2.16. The fourth-order valence-electron chi connectivity index (χ4n) is 2.47. The second-order valence-electron chi connectivity index (χ2n) is 4.30. The second-order valence-corrected chi connectivity index (χ2v) is 4.30. The first kappa shape index (κ1) is 10.9. The van der Waals surface area contributed by atoms with Crippen LogP contribution in [-0.4, -0.2) is 53.0 Å². The van der Waals surface area contributed by atoms with Gasteiger partial charge in [-0.05, 0) is 32.2 Å². The number of hydrogen-bond acceptors (Lipinski definition) is 4. The SMILES string of the molecule is O=C([C@H]1CCCN1)N1CCC[C@@H]1B(O)O. The molecule has 0 saturated carbocycles. The van der Waals surface area contributed by atoms with Crippen LogP contribution in [0.2, 0.25) is 0 Å². The molecule has 0 bridgehead atoms. The molecule has 5 nitrogen and oxygen atoms in total. The lowest BCUT2D eigenvalue weighted by atomic mass is 9.77. The predicted octanol–water partition coefficient (Wildman–Crippen LogP) is -1.26. The minimum atomic E-state index is -1.40. The van der Waals surface area contributed by atoms with Crippen LogP contribution in [0.3, 0.4) is 0 Å². The molecule has 3 N–H and O–H groups in total. The molecule has 2 fully saturated rings. The molecule has 1 amide bonds. The van der Waals surface area contributed by atoms with Crippen LogP contribution in [0.15, 0.2) is 0 Å². The lowest BCUT2D eigenvalue weighted by Gasteiger charge is -2.26. The fourth-order valence-corrected chi connectivity index (χ4v) is 2.47. The molecule has 0 aromatic carbocycles. The number of rotatable bonds is 2. The van der Waals surface area contributed by atoms with Gasteiger partial charge < -0.3 is 20.3 Å². The maximum absolute atomic E-state index is 12.0. The normalized spacial score (nSPS) is 30.9. The van der Waals surface area contributed by atoms with Gasteiger partial charge in [0.25, 0.3) is 0 Å². The second kappa shape index (κ2) is 4.51. The molecule has 0 spiro atoms. The number of hydrogen-bond donors (Lipinski definition) is 3. The van der Waals surface area contributed by atoms with E-state index in [9.17, 15) is 4.79 Å². The van der Waals surface area contributed by atoms with E-state index in [4.69, 9.17) is 10.0 Å². The zero-order valence-corrected chi connectivity index (χ0v) is 8.72. The van der Waals surface area contributed by atoms with Crippen molar-refractivity contribution in [3.63, 3.8) is 0 Å². The van der Waals surface area contributed by atoms with Gasteiger partial charge in [-0.15, -0.1) is 0 Å². The Balaban J connectivity index is 1.99. The molecule has 0 unspecified atom stereocenters. The molecular weight excluding hydrogens is 195 g/mol. The molecule has 2 atom stereocenters. The van der Waals surface area contributed by atoms with Crippen molar-refractivity contribution in [2.75, 3.05) is 13.1 Å². The van der Waals surface area contributed by atoms with Gasteiger partial charge in [0.2, 0.25) is 5.91 Å². The summed E-state index contributed by atoms with van der Waals surface area (Å²) in [6.45, 7) is 1.54. The van der Waals surface area contributed by atoms with Crippen LogP contribution in [0, 0.1) is 0 Å². The van der Waals surface area contributed by atoms with E-state index in [2.05, 4.69) is 5.32 Å². The first-order chi connectivity index (χ1) is 7.20. The zero-order valence-electron chi connectivity index (χ0n) is 8.72. The Morgan fingerprint density at radius 3 is 2.73 bits per heavy atom. The third-order valence-corrected chi connectivity index (χ3v) is 3.28. The Morgan fingerprint density at radius 2 is 2.13 bits per heavy atom.